The molecule has 0 radical (unpaired) electrons. The van der Waals surface area contributed by atoms with Crippen LogP contribution in [0.5, 0.6) is 0 Å². The highest BCUT2D eigenvalue weighted by atomic mass is 31.2. The Morgan fingerprint density at radius 1 is 0.403 bits per heavy atom. The molecule has 3 atom stereocenters. The highest BCUT2D eigenvalue weighted by molar-refractivity contribution is 7.47. The van der Waals surface area contributed by atoms with Gasteiger partial charge >= 0.3 is 25.7 Å². The average molecular weight is 1040 g/mol. The number of carbonyl (C=O) groups excluding carboxylic acids is 3. The maximum absolute atomic E-state index is 12.9. The molecule has 2 N–H and O–H groups in total. The first-order chi connectivity index (χ1) is 35.2. The second-order valence-electron chi connectivity index (χ2n) is 19.4. The molecular weight excluding hydrogens is 928 g/mol. The standard InChI is InChI=1S/C60H107O11P/c1-4-7-10-13-16-19-21-23-25-27-28-30-32-34-36-39-42-45-48-51-60(64)71-57(53-67-58(62)49-46-43-40-38-35-33-31-29-26-24-22-20-17-14-11-8-5-2)55-69-72(65,66)68-54-56(52-61)70-59(63)50-47-44-41-37-18-15-12-9-6-3/h8,11,16-17,19-20,23-26,56-57,61H,4-7,9-10,12-15,18,21-22,27-55H2,1-3H3,(H,65,66)/b11-8-,19-16-,20-17-,25-23-,26-24-. The Bertz CT molecular complexity index is 1440. The first kappa shape index (κ1) is 69.2. The predicted octanol–water partition coefficient (Wildman–Crippen LogP) is 17.1. The minimum atomic E-state index is -4.74. The third kappa shape index (κ3) is 52.1. The van der Waals surface area contributed by atoms with Crippen molar-refractivity contribution in [3.05, 3.63) is 60.8 Å². The normalized spacial score (nSPS) is 13.8. The van der Waals surface area contributed by atoms with E-state index >= 15 is 0 Å². The van der Waals surface area contributed by atoms with Crippen LogP contribution in [0.1, 0.15) is 265 Å². The van der Waals surface area contributed by atoms with Gasteiger partial charge in [-0.15, -0.1) is 0 Å². The quantitative estimate of drug-likeness (QED) is 0.0197. The number of hydrogen-bond donors (Lipinski definition) is 2. The smallest absolute Gasteiger partial charge is 0.462 e. The van der Waals surface area contributed by atoms with E-state index < -0.39 is 57.8 Å². The van der Waals surface area contributed by atoms with Crippen molar-refractivity contribution in [3.63, 3.8) is 0 Å². The van der Waals surface area contributed by atoms with Crippen LogP contribution in [0.2, 0.25) is 0 Å². The Hall–Kier alpha value is -2.82. The van der Waals surface area contributed by atoms with Crippen LogP contribution in [0.25, 0.3) is 0 Å². The molecular formula is C60H107O11P. The summed E-state index contributed by atoms with van der Waals surface area (Å²) in [4.78, 5) is 48.5. The molecule has 12 heteroatoms. The predicted molar refractivity (Wildman–Crippen MR) is 298 cm³/mol. The van der Waals surface area contributed by atoms with Crippen LogP contribution in [0.3, 0.4) is 0 Å². The molecule has 11 nitrogen and oxygen atoms in total. The van der Waals surface area contributed by atoms with Crippen molar-refractivity contribution in [2.24, 2.45) is 0 Å². The summed E-state index contributed by atoms with van der Waals surface area (Å²) < 4.78 is 39.5. The van der Waals surface area contributed by atoms with Crippen LogP contribution in [0, 0.1) is 0 Å². The van der Waals surface area contributed by atoms with Crippen LogP contribution in [-0.4, -0.2) is 66.5 Å². The number of aliphatic hydroxyl groups excluding tert-OH is 1. The lowest BCUT2D eigenvalue weighted by atomic mass is 10.1. The summed E-state index contributed by atoms with van der Waals surface area (Å²) in [7, 11) is -4.74. The SMILES string of the molecule is CC/C=C\C/C=C\C/C=C\CCCCCCCCCC(=O)OCC(COP(=O)(O)OCC(CO)OC(=O)CCCCCCCCCCC)OC(=O)CCCCCCCCCCC/C=C\C/C=C\CCCCC. The number of aliphatic hydroxyl groups is 1. The molecule has 3 unspecified atom stereocenters. The van der Waals surface area contributed by atoms with E-state index in [9.17, 15) is 28.9 Å². The van der Waals surface area contributed by atoms with E-state index in [1.807, 2.05) is 0 Å². The van der Waals surface area contributed by atoms with Crippen molar-refractivity contribution >= 4 is 25.7 Å². The Balaban J connectivity index is 4.71. The van der Waals surface area contributed by atoms with Gasteiger partial charge in [-0.25, -0.2) is 4.57 Å². The molecule has 0 aromatic heterocycles. The van der Waals surface area contributed by atoms with E-state index in [4.69, 9.17) is 23.3 Å². The molecule has 0 aliphatic heterocycles. The third-order valence-electron chi connectivity index (χ3n) is 12.4. The maximum atomic E-state index is 12.9. The molecule has 0 saturated carbocycles. The lowest BCUT2D eigenvalue weighted by molar-refractivity contribution is -0.161. The van der Waals surface area contributed by atoms with Gasteiger partial charge in [-0.05, 0) is 83.5 Å². The Morgan fingerprint density at radius 3 is 1.14 bits per heavy atom. The number of ether oxygens (including phenoxy) is 3. The van der Waals surface area contributed by atoms with E-state index in [1.54, 1.807) is 0 Å². The van der Waals surface area contributed by atoms with Gasteiger partial charge in [-0.3, -0.25) is 23.4 Å². The summed E-state index contributed by atoms with van der Waals surface area (Å²) in [6, 6.07) is 0. The van der Waals surface area contributed by atoms with Crippen LogP contribution < -0.4 is 0 Å². The zero-order chi connectivity index (χ0) is 52.7. The van der Waals surface area contributed by atoms with Gasteiger partial charge in [0.25, 0.3) is 0 Å². The highest BCUT2D eigenvalue weighted by Crippen LogP contribution is 2.43. The second kappa shape index (κ2) is 54.4. The summed E-state index contributed by atoms with van der Waals surface area (Å²) in [6.45, 7) is 4.49. The molecule has 0 bridgehead atoms. The first-order valence-corrected chi connectivity index (χ1v) is 30.7. The summed E-state index contributed by atoms with van der Waals surface area (Å²) in [5.74, 6) is -1.47. The minimum absolute atomic E-state index is 0.161. The topological polar surface area (TPSA) is 155 Å². The minimum Gasteiger partial charge on any atom is -0.462 e. The summed E-state index contributed by atoms with van der Waals surface area (Å²) in [5.41, 5.74) is 0. The van der Waals surface area contributed by atoms with Crippen molar-refractivity contribution in [2.45, 2.75) is 277 Å². The van der Waals surface area contributed by atoms with Gasteiger partial charge in [-0.1, -0.05) is 223 Å². The molecule has 0 rings (SSSR count). The first-order valence-electron chi connectivity index (χ1n) is 29.2. The fourth-order valence-corrected chi connectivity index (χ4v) is 8.77. The van der Waals surface area contributed by atoms with Gasteiger partial charge in [-0.2, -0.15) is 0 Å². The van der Waals surface area contributed by atoms with E-state index in [0.29, 0.717) is 19.3 Å². The van der Waals surface area contributed by atoms with E-state index in [2.05, 4.69) is 81.5 Å². The monoisotopic (exact) mass is 1030 g/mol. The Kier molecular flexibility index (Phi) is 52.3. The average Bonchev–Trinajstić information content (AvgIpc) is 3.37. The number of esters is 3. The molecule has 418 valence electrons. The number of hydrogen-bond acceptors (Lipinski definition) is 10. The summed E-state index contributed by atoms with van der Waals surface area (Å²) in [5, 5.41) is 9.78. The largest absolute Gasteiger partial charge is 0.472 e. The van der Waals surface area contributed by atoms with Crippen molar-refractivity contribution < 1.29 is 52.2 Å². The summed E-state index contributed by atoms with van der Waals surface area (Å²) >= 11 is 0. The zero-order valence-corrected chi connectivity index (χ0v) is 47.0. The number of allylic oxidation sites excluding steroid dienone is 10. The van der Waals surface area contributed by atoms with E-state index in [1.165, 1.54) is 103 Å². The van der Waals surface area contributed by atoms with Gasteiger partial charge in [0.1, 0.15) is 12.7 Å². The van der Waals surface area contributed by atoms with Gasteiger partial charge < -0.3 is 24.2 Å². The molecule has 0 amide bonds. The lowest BCUT2D eigenvalue weighted by Crippen LogP contribution is -2.30. The van der Waals surface area contributed by atoms with Crippen molar-refractivity contribution in [3.8, 4) is 0 Å². The molecule has 0 fully saturated rings. The van der Waals surface area contributed by atoms with Gasteiger partial charge in [0.15, 0.2) is 6.10 Å². The molecule has 0 saturated heterocycles. The number of carbonyl (C=O) groups is 3. The molecule has 0 aliphatic carbocycles. The van der Waals surface area contributed by atoms with E-state index in [0.717, 1.165) is 103 Å². The molecule has 0 aromatic rings. The highest BCUT2D eigenvalue weighted by Gasteiger charge is 2.28. The molecule has 0 heterocycles. The van der Waals surface area contributed by atoms with Crippen LogP contribution in [0.4, 0.5) is 0 Å². The van der Waals surface area contributed by atoms with Crippen molar-refractivity contribution in [1.29, 1.82) is 0 Å². The summed E-state index contributed by atoms with van der Waals surface area (Å²) in [6.07, 6.45) is 59.0. The van der Waals surface area contributed by atoms with Crippen LogP contribution in [0.15, 0.2) is 60.8 Å². The molecule has 0 aliphatic rings. The molecule has 0 aromatic carbocycles. The third-order valence-corrected chi connectivity index (χ3v) is 13.4. The number of phosphoric acid groups is 1. The lowest BCUT2D eigenvalue weighted by Gasteiger charge is -2.21. The van der Waals surface area contributed by atoms with Gasteiger partial charge in [0.2, 0.25) is 0 Å². The maximum Gasteiger partial charge on any atom is 0.472 e. The Labute approximate surface area is 440 Å². The van der Waals surface area contributed by atoms with Crippen LogP contribution in [-0.2, 0) is 42.2 Å². The molecule has 72 heavy (non-hydrogen) atoms. The Morgan fingerprint density at radius 2 is 0.722 bits per heavy atom. The van der Waals surface area contributed by atoms with Gasteiger partial charge in [0, 0.05) is 19.3 Å². The second-order valence-corrected chi connectivity index (χ2v) is 20.9. The fourth-order valence-electron chi connectivity index (χ4n) is 7.99. The van der Waals surface area contributed by atoms with Crippen molar-refractivity contribution in [2.75, 3.05) is 26.4 Å². The number of unbranched alkanes of at least 4 members (excludes halogenated alkanes) is 27. The number of phosphoric ester groups is 1. The van der Waals surface area contributed by atoms with Crippen LogP contribution >= 0.6 is 7.82 Å². The number of rotatable bonds is 54. The zero-order valence-electron chi connectivity index (χ0n) is 46.1. The van der Waals surface area contributed by atoms with Crippen molar-refractivity contribution in [1.82, 2.24) is 0 Å². The van der Waals surface area contributed by atoms with E-state index in [-0.39, 0.29) is 25.9 Å². The molecule has 0 spiro atoms. The fraction of sp³-hybridized carbons (Fsp3) is 0.783. The van der Waals surface area contributed by atoms with Gasteiger partial charge in [0.05, 0.1) is 19.8 Å².